The maximum Gasteiger partial charge on any atom is 0.230 e. The number of carbonyl (C=O) groups is 1. The van der Waals surface area contributed by atoms with E-state index in [4.69, 9.17) is 0 Å². The zero-order valence-electron chi connectivity index (χ0n) is 11.8. The zero-order chi connectivity index (χ0) is 15.0. The van der Waals surface area contributed by atoms with Gasteiger partial charge in [-0.3, -0.25) is 9.48 Å². The first-order chi connectivity index (χ1) is 10.1. The number of aromatic nitrogens is 3. The molecule has 0 aliphatic heterocycles. The highest BCUT2D eigenvalue weighted by Gasteiger charge is 2.20. The summed E-state index contributed by atoms with van der Waals surface area (Å²) in [6.07, 6.45) is 1.64. The van der Waals surface area contributed by atoms with Gasteiger partial charge < -0.3 is 0 Å². The van der Waals surface area contributed by atoms with Gasteiger partial charge in [-0.05, 0) is 47.5 Å². The van der Waals surface area contributed by atoms with Gasteiger partial charge in [0.15, 0.2) is 0 Å². The van der Waals surface area contributed by atoms with Gasteiger partial charge in [-0.15, -0.1) is 0 Å². The van der Waals surface area contributed by atoms with Gasteiger partial charge in [-0.25, -0.2) is 4.98 Å². The van der Waals surface area contributed by atoms with Gasteiger partial charge in [0.1, 0.15) is 11.4 Å². The molecule has 5 heteroatoms. The van der Waals surface area contributed by atoms with Crippen LogP contribution in [-0.4, -0.2) is 20.5 Å². The summed E-state index contributed by atoms with van der Waals surface area (Å²) in [5, 5.41) is 5.25. The molecule has 106 valence electrons. The van der Waals surface area contributed by atoms with Crippen LogP contribution < -0.4 is 0 Å². The highest BCUT2D eigenvalue weighted by Crippen LogP contribution is 2.22. The number of nitrogens with zero attached hydrogens (tertiary/aromatic N) is 3. The molecule has 2 aromatic heterocycles. The molecule has 0 fully saturated rings. The minimum atomic E-state index is -0.116. The van der Waals surface area contributed by atoms with Crippen molar-refractivity contribution < 1.29 is 4.79 Å². The van der Waals surface area contributed by atoms with E-state index in [0.717, 1.165) is 16.5 Å². The zero-order valence-corrected chi connectivity index (χ0v) is 13.4. The molecule has 0 N–H and O–H groups in total. The second kappa shape index (κ2) is 5.41. The van der Waals surface area contributed by atoms with Crippen molar-refractivity contribution in [3.8, 4) is 0 Å². The van der Waals surface area contributed by atoms with E-state index in [0.29, 0.717) is 22.4 Å². The number of pyridine rings is 1. The fourth-order valence-corrected chi connectivity index (χ4v) is 2.89. The predicted octanol–water partition coefficient (Wildman–Crippen LogP) is 3.75. The van der Waals surface area contributed by atoms with E-state index >= 15 is 0 Å². The fourth-order valence-electron chi connectivity index (χ4n) is 2.42. The quantitative estimate of drug-likeness (QED) is 0.680. The van der Waals surface area contributed by atoms with Crippen molar-refractivity contribution in [3.63, 3.8) is 0 Å². The van der Waals surface area contributed by atoms with Crippen LogP contribution in [-0.2, 0) is 6.54 Å². The topological polar surface area (TPSA) is 47.8 Å². The van der Waals surface area contributed by atoms with Crippen molar-refractivity contribution in [2.45, 2.75) is 20.4 Å². The monoisotopic (exact) mass is 343 g/mol. The summed E-state index contributed by atoms with van der Waals surface area (Å²) < 4.78 is 2.38. The molecule has 0 aliphatic rings. The van der Waals surface area contributed by atoms with E-state index in [-0.39, 0.29) is 5.78 Å². The minimum Gasteiger partial charge on any atom is -0.285 e. The maximum atomic E-state index is 12.8. The second-order valence-electron chi connectivity index (χ2n) is 4.83. The molecular weight excluding hydrogens is 330 g/mol. The third kappa shape index (κ3) is 2.38. The van der Waals surface area contributed by atoms with Gasteiger partial charge in [0.25, 0.3) is 0 Å². The summed E-state index contributed by atoms with van der Waals surface area (Å²) in [6.45, 7) is 4.58. The Balaban J connectivity index is 2.16. The van der Waals surface area contributed by atoms with E-state index in [2.05, 4.69) is 26.0 Å². The number of benzene rings is 1. The van der Waals surface area contributed by atoms with Gasteiger partial charge in [0.2, 0.25) is 5.78 Å². The largest absolute Gasteiger partial charge is 0.285 e. The normalized spacial score (nSPS) is 11.0. The molecule has 0 spiro atoms. The number of ketones is 1. The molecule has 3 rings (SSSR count). The first kappa shape index (κ1) is 13.9. The van der Waals surface area contributed by atoms with Crippen LogP contribution in [0, 0.1) is 6.92 Å². The molecular formula is C16H14BrN3O. The summed E-state index contributed by atoms with van der Waals surface area (Å²) in [6, 6.07) is 9.67. The van der Waals surface area contributed by atoms with E-state index in [1.807, 2.05) is 44.2 Å². The summed E-state index contributed by atoms with van der Waals surface area (Å²) in [7, 11) is 0. The van der Waals surface area contributed by atoms with Gasteiger partial charge in [0.05, 0.1) is 16.2 Å². The smallest absolute Gasteiger partial charge is 0.230 e. The lowest BCUT2D eigenvalue weighted by Crippen LogP contribution is -2.13. The third-order valence-electron chi connectivity index (χ3n) is 3.47. The maximum absolute atomic E-state index is 12.8. The third-order valence-corrected chi connectivity index (χ3v) is 4.05. The Kier molecular flexibility index (Phi) is 3.59. The predicted molar refractivity (Wildman–Crippen MR) is 85.5 cm³/mol. The number of aryl methyl sites for hydroxylation is 2. The summed E-state index contributed by atoms with van der Waals surface area (Å²) in [5.74, 6) is -0.116. The highest BCUT2D eigenvalue weighted by molar-refractivity contribution is 9.10. The molecule has 4 nitrogen and oxygen atoms in total. The molecule has 0 aliphatic carbocycles. The molecule has 0 radical (unpaired) electrons. The number of fused-ring (bicyclic) bond motifs is 1. The first-order valence-corrected chi connectivity index (χ1v) is 7.53. The summed E-state index contributed by atoms with van der Waals surface area (Å²) in [4.78, 5) is 17.2. The number of carbonyl (C=O) groups excluding carboxylic acids is 1. The molecule has 0 amide bonds. The number of para-hydroxylation sites is 1. The van der Waals surface area contributed by atoms with Crippen molar-refractivity contribution in [1.29, 1.82) is 0 Å². The Morgan fingerprint density at radius 3 is 2.86 bits per heavy atom. The summed E-state index contributed by atoms with van der Waals surface area (Å²) in [5.41, 5.74) is 2.86. The number of hydrogen-bond acceptors (Lipinski definition) is 3. The molecule has 0 saturated carbocycles. The van der Waals surface area contributed by atoms with E-state index in [9.17, 15) is 4.79 Å². The average molecular weight is 344 g/mol. The van der Waals surface area contributed by atoms with Crippen molar-refractivity contribution in [3.05, 3.63) is 58.0 Å². The Labute approximate surface area is 130 Å². The Morgan fingerprint density at radius 1 is 1.33 bits per heavy atom. The Bertz CT molecular complexity index is 839. The SMILES string of the molecule is CCn1ncc(Br)c1C(=O)c1cc(C)c2ccccc2n1. The molecule has 0 atom stereocenters. The van der Waals surface area contributed by atoms with E-state index < -0.39 is 0 Å². The van der Waals surface area contributed by atoms with Gasteiger partial charge >= 0.3 is 0 Å². The van der Waals surface area contributed by atoms with Crippen LogP contribution in [0.2, 0.25) is 0 Å². The lowest BCUT2D eigenvalue weighted by molar-refractivity contribution is 0.102. The van der Waals surface area contributed by atoms with E-state index in [1.165, 1.54) is 0 Å². The highest BCUT2D eigenvalue weighted by atomic mass is 79.9. The van der Waals surface area contributed by atoms with Crippen molar-refractivity contribution >= 4 is 32.6 Å². The van der Waals surface area contributed by atoms with Crippen LogP contribution in [0.3, 0.4) is 0 Å². The molecule has 3 aromatic rings. The van der Waals surface area contributed by atoms with Crippen molar-refractivity contribution in [1.82, 2.24) is 14.8 Å². The number of hydrogen-bond donors (Lipinski definition) is 0. The average Bonchev–Trinajstić information content (AvgIpc) is 2.87. The van der Waals surface area contributed by atoms with Crippen LogP contribution in [0.1, 0.15) is 28.7 Å². The molecule has 1 aromatic carbocycles. The van der Waals surface area contributed by atoms with Gasteiger partial charge in [-0.2, -0.15) is 5.10 Å². The molecule has 0 saturated heterocycles. The van der Waals surface area contributed by atoms with Gasteiger partial charge in [0, 0.05) is 11.9 Å². The van der Waals surface area contributed by atoms with Gasteiger partial charge in [-0.1, -0.05) is 18.2 Å². The molecule has 0 unspecified atom stereocenters. The Hall–Kier alpha value is -2.01. The number of halogens is 1. The van der Waals surface area contributed by atoms with Crippen LogP contribution in [0.25, 0.3) is 10.9 Å². The fraction of sp³-hybridized carbons (Fsp3) is 0.188. The van der Waals surface area contributed by atoms with E-state index in [1.54, 1.807) is 10.9 Å². The standard InChI is InChI=1S/C16H14BrN3O/c1-3-20-15(12(17)9-18-20)16(21)14-8-10(2)11-6-4-5-7-13(11)19-14/h4-9H,3H2,1-2H3. The van der Waals surface area contributed by atoms with Crippen LogP contribution in [0.5, 0.6) is 0 Å². The van der Waals surface area contributed by atoms with Crippen molar-refractivity contribution in [2.75, 3.05) is 0 Å². The molecule has 2 heterocycles. The van der Waals surface area contributed by atoms with Crippen molar-refractivity contribution in [2.24, 2.45) is 0 Å². The lowest BCUT2D eigenvalue weighted by atomic mass is 10.1. The minimum absolute atomic E-state index is 0.116. The molecule has 21 heavy (non-hydrogen) atoms. The van der Waals surface area contributed by atoms with Crippen LogP contribution >= 0.6 is 15.9 Å². The number of rotatable bonds is 3. The molecule has 0 bridgehead atoms. The summed E-state index contributed by atoms with van der Waals surface area (Å²) >= 11 is 3.39. The first-order valence-electron chi connectivity index (χ1n) is 6.74. The Morgan fingerprint density at radius 2 is 2.10 bits per heavy atom. The second-order valence-corrected chi connectivity index (χ2v) is 5.68. The lowest BCUT2D eigenvalue weighted by Gasteiger charge is -2.07. The van der Waals surface area contributed by atoms with Crippen LogP contribution in [0.15, 0.2) is 41.0 Å². The van der Waals surface area contributed by atoms with Crippen LogP contribution in [0.4, 0.5) is 0 Å².